The average Bonchev–Trinajstić information content (AvgIpc) is 2.87. The molecule has 1 fully saturated rings. The molecule has 2 aliphatic heterocycles. The first kappa shape index (κ1) is 17.4. The number of ether oxygens (including phenoxy) is 1. The van der Waals surface area contributed by atoms with Crippen LogP contribution in [-0.4, -0.2) is 74.9 Å². The normalized spacial score (nSPS) is 21.5. The highest BCUT2D eigenvalue weighted by atomic mass is 16.5. The summed E-state index contributed by atoms with van der Waals surface area (Å²) in [5, 5.41) is 3.43. The fourth-order valence-electron chi connectivity index (χ4n) is 3.82. The third kappa shape index (κ3) is 4.15. The summed E-state index contributed by atoms with van der Waals surface area (Å²) < 4.78 is 5.19. The van der Waals surface area contributed by atoms with Crippen LogP contribution in [0.25, 0.3) is 0 Å². The van der Waals surface area contributed by atoms with E-state index in [9.17, 15) is 0 Å². The Hall–Kier alpha value is -1.44. The Bertz CT molecular complexity index is 552. The maximum Gasteiger partial charge on any atom is 0.222 e. The minimum Gasteiger partial charge on any atom is -0.383 e. The molecule has 1 atom stereocenters. The van der Waals surface area contributed by atoms with Gasteiger partial charge in [-0.15, -0.1) is 0 Å². The SMILES string of the molecule is COCCN1CCC(CN(C)c2nc(N)nc3c2CCNCC3)C1. The molecule has 0 aromatic carbocycles. The van der Waals surface area contributed by atoms with E-state index in [4.69, 9.17) is 10.5 Å². The van der Waals surface area contributed by atoms with Gasteiger partial charge < -0.3 is 25.6 Å². The number of nitrogen functional groups attached to an aromatic ring is 1. The number of nitrogens with zero attached hydrogens (tertiary/aromatic N) is 4. The Morgan fingerprint density at radius 1 is 1.33 bits per heavy atom. The van der Waals surface area contributed by atoms with Crippen LogP contribution in [0.1, 0.15) is 17.7 Å². The van der Waals surface area contributed by atoms with Gasteiger partial charge in [0.2, 0.25) is 5.95 Å². The van der Waals surface area contributed by atoms with Crippen molar-refractivity contribution in [3.63, 3.8) is 0 Å². The smallest absolute Gasteiger partial charge is 0.222 e. The number of nitrogens with two attached hydrogens (primary N) is 1. The summed E-state index contributed by atoms with van der Waals surface area (Å²) in [5.74, 6) is 2.09. The topological polar surface area (TPSA) is 79.5 Å². The molecule has 3 N–H and O–H groups in total. The average molecular weight is 334 g/mol. The molecule has 24 heavy (non-hydrogen) atoms. The summed E-state index contributed by atoms with van der Waals surface area (Å²) in [6, 6.07) is 0. The Morgan fingerprint density at radius 2 is 2.17 bits per heavy atom. The van der Waals surface area contributed by atoms with Crippen LogP contribution in [0, 0.1) is 5.92 Å². The first-order valence-corrected chi connectivity index (χ1v) is 8.95. The maximum atomic E-state index is 5.97. The Balaban J connectivity index is 1.67. The van der Waals surface area contributed by atoms with Crippen molar-refractivity contribution < 1.29 is 4.74 Å². The van der Waals surface area contributed by atoms with Crippen LogP contribution in [0.5, 0.6) is 0 Å². The molecular formula is C17H30N6O. The molecule has 7 nitrogen and oxygen atoms in total. The molecule has 1 aromatic heterocycles. The lowest BCUT2D eigenvalue weighted by molar-refractivity contribution is 0.159. The van der Waals surface area contributed by atoms with Crippen molar-refractivity contribution in [3.8, 4) is 0 Å². The molecule has 1 aromatic rings. The van der Waals surface area contributed by atoms with Crippen LogP contribution in [0.4, 0.5) is 11.8 Å². The number of hydrogen-bond donors (Lipinski definition) is 2. The molecule has 0 radical (unpaired) electrons. The number of fused-ring (bicyclic) bond motifs is 1. The first-order chi connectivity index (χ1) is 11.7. The Kier molecular flexibility index (Phi) is 5.86. The van der Waals surface area contributed by atoms with Gasteiger partial charge >= 0.3 is 0 Å². The van der Waals surface area contributed by atoms with E-state index in [-0.39, 0.29) is 0 Å². The molecule has 2 aliphatic rings. The van der Waals surface area contributed by atoms with Gasteiger partial charge in [-0.05, 0) is 31.8 Å². The van der Waals surface area contributed by atoms with E-state index in [1.807, 2.05) is 0 Å². The Labute approximate surface area is 144 Å². The zero-order valence-electron chi connectivity index (χ0n) is 14.9. The van der Waals surface area contributed by atoms with Crippen LogP contribution >= 0.6 is 0 Å². The van der Waals surface area contributed by atoms with Gasteiger partial charge in [-0.3, -0.25) is 0 Å². The van der Waals surface area contributed by atoms with Gasteiger partial charge in [-0.25, -0.2) is 4.98 Å². The Morgan fingerprint density at radius 3 is 3.00 bits per heavy atom. The lowest BCUT2D eigenvalue weighted by atomic mass is 10.1. The standard InChI is InChI=1S/C17H30N6O/c1-22(11-13-5-8-23(12-13)9-10-24-2)16-14-3-6-19-7-4-15(14)20-17(18)21-16/h13,19H,3-12H2,1-2H3,(H2,18,20,21). The second kappa shape index (κ2) is 8.09. The third-order valence-electron chi connectivity index (χ3n) is 5.05. The van der Waals surface area contributed by atoms with Crippen molar-refractivity contribution >= 4 is 11.8 Å². The predicted molar refractivity (Wildman–Crippen MR) is 96.4 cm³/mol. The quantitative estimate of drug-likeness (QED) is 0.767. The summed E-state index contributed by atoms with van der Waals surface area (Å²) in [6.45, 7) is 7.09. The molecule has 0 amide bonds. The second-order valence-electron chi connectivity index (χ2n) is 6.91. The minimum atomic E-state index is 0.394. The molecule has 134 valence electrons. The molecule has 0 saturated carbocycles. The van der Waals surface area contributed by atoms with Gasteiger partial charge in [0.25, 0.3) is 0 Å². The van der Waals surface area contributed by atoms with Gasteiger partial charge in [-0.2, -0.15) is 4.98 Å². The van der Waals surface area contributed by atoms with Crippen molar-refractivity contribution in [1.82, 2.24) is 20.2 Å². The highest BCUT2D eigenvalue weighted by Crippen LogP contribution is 2.25. The molecular weight excluding hydrogens is 304 g/mol. The number of hydrogen-bond acceptors (Lipinski definition) is 7. The van der Waals surface area contributed by atoms with Crippen LogP contribution in [0.3, 0.4) is 0 Å². The number of methoxy groups -OCH3 is 1. The van der Waals surface area contributed by atoms with Crippen LogP contribution in [0.15, 0.2) is 0 Å². The van der Waals surface area contributed by atoms with Crippen LogP contribution in [0.2, 0.25) is 0 Å². The monoisotopic (exact) mass is 334 g/mol. The largest absolute Gasteiger partial charge is 0.383 e. The number of likely N-dealkylation sites (tertiary alicyclic amines) is 1. The van der Waals surface area contributed by atoms with Gasteiger partial charge in [0, 0.05) is 52.3 Å². The molecule has 0 aliphatic carbocycles. The number of nitrogens with one attached hydrogen (secondary N) is 1. The summed E-state index contributed by atoms with van der Waals surface area (Å²) in [7, 11) is 3.90. The maximum absolute atomic E-state index is 5.97. The molecule has 1 saturated heterocycles. The van der Waals surface area contributed by atoms with E-state index in [0.29, 0.717) is 11.9 Å². The fourth-order valence-corrected chi connectivity index (χ4v) is 3.82. The minimum absolute atomic E-state index is 0.394. The van der Waals surface area contributed by atoms with Crippen molar-refractivity contribution in [3.05, 3.63) is 11.3 Å². The van der Waals surface area contributed by atoms with E-state index in [1.165, 1.54) is 12.0 Å². The zero-order valence-corrected chi connectivity index (χ0v) is 14.9. The summed E-state index contributed by atoms with van der Waals surface area (Å²) in [4.78, 5) is 13.8. The molecule has 0 spiro atoms. The van der Waals surface area contributed by atoms with E-state index in [1.54, 1.807) is 7.11 Å². The number of anilines is 2. The molecule has 3 rings (SSSR count). The highest BCUT2D eigenvalue weighted by molar-refractivity contribution is 5.52. The highest BCUT2D eigenvalue weighted by Gasteiger charge is 2.25. The van der Waals surface area contributed by atoms with E-state index in [2.05, 4.69) is 32.1 Å². The molecule has 7 heteroatoms. The molecule has 0 bridgehead atoms. The van der Waals surface area contributed by atoms with Gasteiger partial charge in [0.15, 0.2) is 0 Å². The predicted octanol–water partition coefficient (Wildman–Crippen LogP) is 0.152. The number of rotatable bonds is 6. The van der Waals surface area contributed by atoms with Crippen molar-refractivity contribution in [1.29, 1.82) is 0 Å². The lowest BCUT2D eigenvalue weighted by Gasteiger charge is -2.25. The summed E-state index contributed by atoms with van der Waals surface area (Å²) >= 11 is 0. The van der Waals surface area contributed by atoms with Gasteiger partial charge in [0.05, 0.1) is 12.3 Å². The van der Waals surface area contributed by atoms with Crippen molar-refractivity contribution in [2.45, 2.75) is 19.3 Å². The molecule has 1 unspecified atom stereocenters. The van der Waals surface area contributed by atoms with E-state index >= 15 is 0 Å². The lowest BCUT2D eigenvalue weighted by Crippen LogP contribution is -2.31. The van der Waals surface area contributed by atoms with E-state index < -0.39 is 0 Å². The molecule has 3 heterocycles. The van der Waals surface area contributed by atoms with Crippen LogP contribution in [-0.2, 0) is 17.6 Å². The van der Waals surface area contributed by atoms with Crippen molar-refractivity contribution in [2.75, 3.05) is 70.7 Å². The number of aromatic nitrogens is 2. The zero-order chi connectivity index (χ0) is 16.9. The second-order valence-corrected chi connectivity index (χ2v) is 6.91. The fraction of sp³-hybridized carbons (Fsp3) is 0.765. The van der Waals surface area contributed by atoms with Crippen LogP contribution < -0.4 is 16.0 Å². The van der Waals surface area contributed by atoms with Gasteiger partial charge in [-0.1, -0.05) is 0 Å². The van der Waals surface area contributed by atoms with Crippen molar-refractivity contribution in [2.24, 2.45) is 5.92 Å². The third-order valence-corrected chi connectivity index (χ3v) is 5.05. The summed E-state index contributed by atoms with van der Waals surface area (Å²) in [5.41, 5.74) is 8.35. The summed E-state index contributed by atoms with van der Waals surface area (Å²) in [6.07, 6.45) is 3.13. The van der Waals surface area contributed by atoms with E-state index in [0.717, 1.165) is 70.2 Å². The first-order valence-electron chi connectivity index (χ1n) is 8.95. The van der Waals surface area contributed by atoms with Gasteiger partial charge in [0.1, 0.15) is 5.82 Å².